The monoisotopic (exact) mass is 162 g/mol. The highest BCUT2D eigenvalue weighted by Gasteiger charge is 2.35. The fraction of sp³-hybridized carbons (Fsp3) is 1.00. The average Bonchev–Trinajstić information content (AvgIpc) is 2.09. The summed E-state index contributed by atoms with van der Waals surface area (Å²) in [7, 11) is 0. The van der Waals surface area contributed by atoms with Crippen LogP contribution in [0.5, 0.6) is 0 Å². The first kappa shape index (κ1) is 8.35. The highest BCUT2D eigenvalue weighted by atomic mass is 35.5. The summed E-state index contributed by atoms with van der Waals surface area (Å²) in [5.74, 6) is 1.90. The molecule has 4 atom stereocenters. The van der Waals surface area contributed by atoms with E-state index in [1.165, 1.54) is 0 Å². The number of hydrogen-bond acceptors (Lipinski definition) is 1. The largest absolute Gasteiger partial charge is 0.375 e. The number of ether oxygens (including phenoxy) is 1. The van der Waals surface area contributed by atoms with Crippen LogP contribution in [0.4, 0.5) is 0 Å². The zero-order valence-electron chi connectivity index (χ0n) is 6.80. The Morgan fingerprint density at radius 2 is 1.80 bits per heavy atom. The van der Waals surface area contributed by atoms with Crippen molar-refractivity contribution >= 4 is 11.6 Å². The van der Waals surface area contributed by atoms with E-state index in [-0.39, 0.29) is 0 Å². The first-order valence-electron chi connectivity index (χ1n) is 3.88. The molecule has 0 unspecified atom stereocenters. The molecule has 0 aliphatic carbocycles. The van der Waals surface area contributed by atoms with Gasteiger partial charge in [-0.3, -0.25) is 0 Å². The van der Waals surface area contributed by atoms with Crippen LogP contribution in [0.1, 0.15) is 20.8 Å². The quantitative estimate of drug-likeness (QED) is 0.538. The van der Waals surface area contributed by atoms with Crippen LogP contribution in [0.3, 0.4) is 0 Å². The molecule has 1 aliphatic heterocycles. The van der Waals surface area contributed by atoms with Crippen molar-refractivity contribution in [3.63, 3.8) is 0 Å². The highest BCUT2D eigenvalue weighted by Crippen LogP contribution is 2.32. The topological polar surface area (TPSA) is 9.23 Å². The Morgan fingerprint density at radius 3 is 2.00 bits per heavy atom. The van der Waals surface area contributed by atoms with Gasteiger partial charge in [-0.05, 0) is 19.8 Å². The van der Waals surface area contributed by atoms with Crippen LogP contribution < -0.4 is 0 Å². The molecule has 2 heteroatoms. The smallest absolute Gasteiger partial charge is 0.0593 e. The van der Waals surface area contributed by atoms with E-state index in [4.69, 9.17) is 16.3 Å². The van der Waals surface area contributed by atoms with Gasteiger partial charge < -0.3 is 4.74 Å². The predicted octanol–water partition coefficient (Wildman–Crippen LogP) is 2.28. The van der Waals surface area contributed by atoms with Crippen LogP contribution in [0.2, 0.25) is 0 Å². The Morgan fingerprint density at radius 1 is 1.20 bits per heavy atom. The Labute approximate surface area is 67.7 Å². The van der Waals surface area contributed by atoms with Crippen LogP contribution in [-0.2, 0) is 4.74 Å². The number of alkyl halides is 1. The van der Waals surface area contributed by atoms with Gasteiger partial charge in [-0.1, -0.05) is 6.92 Å². The molecule has 0 amide bonds. The van der Waals surface area contributed by atoms with Crippen molar-refractivity contribution < 1.29 is 4.74 Å². The minimum Gasteiger partial charge on any atom is -0.375 e. The van der Waals surface area contributed by atoms with Gasteiger partial charge in [-0.2, -0.15) is 0 Å². The summed E-state index contributed by atoms with van der Waals surface area (Å²) in [4.78, 5) is 0. The van der Waals surface area contributed by atoms with Crippen molar-refractivity contribution in [2.24, 2.45) is 11.8 Å². The van der Waals surface area contributed by atoms with E-state index in [0.717, 1.165) is 5.88 Å². The van der Waals surface area contributed by atoms with Crippen molar-refractivity contribution in [2.45, 2.75) is 33.0 Å². The average molecular weight is 163 g/mol. The van der Waals surface area contributed by atoms with Crippen molar-refractivity contribution in [3.05, 3.63) is 0 Å². The van der Waals surface area contributed by atoms with E-state index < -0.39 is 0 Å². The summed E-state index contributed by atoms with van der Waals surface area (Å²) in [6.45, 7) is 6.43. The standard InChI is InChI=1S/C8H15ClO/c1-5-6(2)10-7(3)8(5)4-9/h5-8H,4H2,1-3H3/t5-,6+,7-,8+/m1/s1. The van der Waals surface area contributed by atoms with Crippen molar-refractivity contribution in [1.82, 2.24) is 0 Å². The van der Waals surface area contributed by atoms with Crippen molar-refractivity contribution in [2.75, 3.05) is 5.88 Å². The van der Waals surface area contributed by atoms with Gasteiger partial charge >= 0.3 is 0 Å². The van der Waals surface area contributed by atoms with Gasteiger partial charge in [0.2, 0.25) is 0 Å². The second-order valence-electron chi connectivity index (χ2n) is 3.22. The summed E-state index contributed by atoms with van der Waals surface area (Å²) in [6, 6.07) is 0. The lowest BCUT2D eigenvalue weighted by Crippen LogP contribution is -2.18. The van der Waals surface area contributed by atoms with Gasteiger partial charge in [0.1, 0.15) is 0 Å². The summed E-state index contributed by atoms with van der Waals surface area (Å²) < 4.78 is 5.59. The minimum absolute atomic E-state index is 0.350. The zero-order chi connectivity index (χ0) is 7.72. The van der Waals surface area contributed by atoms with E-state index in [2.05, 4.69) is 20.8 Å². The molecule has 1 saturated heterocycles. The first-order chi connectivity index (χ1) is 4.66. The maximum Gasteiger partial charge on any atom is 0.0593 e. The lowest BCUT2D eigenvalue weighted by atomic mass is 9.91. The third-order valence-corrected chi connectivity index (χ3v) is 2.98. The maximum atomic E-state index is 5.78. The molecule has 0 saturated carbocycles. The van der Waals surface area contributed by atoms with Gasteiger partial charge in [0.25, 0.3) is 0 Å². The molecule has 0 aromatic rings. The maximum absolute atomic E-state index is 5.78. The van der Waals surface area contributed by atoms with Crippen LogP contribution in [0.25, 0.3) is 0 Å². The second-order valence-corrected chi connectivity index (χ2v) is 3.53. The molecular weight excluding hydrogens is 148 g/mol. The summed E-state index contributed by atoms with van der Waals surface area (Å²) in [5, 5.41) is 0. The van der Waals surface area contributed by atoms with E-state index in [0.29, 0.717) is 24.0 Å². The van der Waals surface area contributed by atoms with Crippen molar-refractivity contribution in [1.29, 1.82) is 0 Å². The molecule has 1 fully saturated rings. The normalized spacial score (nSPS) is 48.0. The van der Waals surface area contributed by atoms with Gasteiger partial charge in [0.05, 0.1) is 12.2 Å². The Hall–Kier alpha value is 0.250. The molecular formula is C8H15ClO. The second kappa shape index (κ2) is 3.10. The fourth-order valence-corrected chi connectivity index (χ4v) is 2.14. The van der Waals surface area contributed by atoms with E-state index >= 15 is 0 Å². The third-order valence-electron chi connectivity index (χ3n) is 2.63. The van der Waals surface area contributed by atoms with Crippen molar-refractivity contribution in [3.8, 4) is 0 Å². The molecule has 0 N–H and O–H groups in total. The summed E-state index contributed by atoms with van der Waals surface area (Å²) in [6.07, 6.45) is 0.737. The number of hydrogen-bond donors (Lipinski definition) is 0. The summed E-state index contributed by atoms with van der Waals surface area (Å²) >= 11 is 5.78. The van der Waals surface area contributed by atoms with Gasteiger partial charge in [-0.25, -0.2) is 0 Å². The first-order valence-corrected chi connectivity index (χ1v) is 4.41. The fourth-order valence-electron chi connectivity index (χ4n) is 1.61. The molecule has 0 bridgehead atoms. The van der Waals surface area contributed by atoms with E-state index in [1.54, 1.807) is 0 Å². The van der Waals surface area contributed by atoms with Crippen LogP contribution in [0, 0.1) is 11.8 Å². The molecule has 0 aromatic heterocycles. The number of halogens is 1. The molecule has 0 aromatic carbocycles. The third kappa shape index (κ3) is 1.30. The Balaban J connectivity index is 2.55. The molecule has 60 valence electrons. The Kier molecular flexibility index (Phi) is 2.59. The van der Waals surface area contributed by atoms with Gasteiger partial charge in [0.15, 0.2) is 0 Å². The van der Waals surface area contributed by atoms with Crippen LogP contribution >= 0.6 is 11.6 Å². The van der Waals surface area contributed by atoms with E-state index in [1.807, 2.05) is 0 Å². The summed E-state index contributed by atoms with van der Waals surface area (Å²) in [5.41, 5.74) is 0. The molecule has 1 nitrogen and oxygen atoms in total. The van der Waals surface area contributed by atoms with Gasteiger partial charge in [-0.15, -0.1) is 11.6 Å². The molecule has 1 rings (SSSR count). The Bertz CT molecular complexity index is 116. The predicted molar refractivity (Wildman–Crippen MR) is 43.4 cm³/mol. The molecule has 0 radical (unpaired) electrons. The van der Waals surface area contributed by atoms with Crippen LogP contribution in [-0.4, -0.2) is 18.1 Å². The zero-order valence-corrected chi connectivity index (χ0v) is 7.56. The van der Waals surface area contributed by atoms with E-state index in [9.17, 15) is 0 Å². The number of rotatable bonds is 1. The minimum atomic E-state index is 0.350. The SMILES string of the molecule is C[C@H]1[C@H](CCl)[C@@H](C)O[C@H]1C. The molecule has 1 heterocycles. The molecule has 10 heavy (non-hydrogen) atoms. The molecule has 0 spiro atoms. The highest BCUT2D eigenvalue weighted by molar-refractivity contribution is 6.18. The van der Waals surface area contributed by atoms with Crippen LogP contribution in [0.15, 0.2) is 0 Å². The lowest BCUT2D eigenvalue weighted by molar-refractivity contribution is 0.0527. The van der Waals surface area contributed by atoms with Gasteiger partial charge in [0, 0.05) is 11.8 Å². The lowest BCUT2D eigenvalue weighted by Gasteiger charge is -2.13. The molecule has 1 aliphatic rings.